The Hall–Kier alpha value is -0.960. The first kappa shape index (κ1) is 8.63. The molecule has 70 valence electrons. The van der Waals surface area contributed by atoms with Crippen LogP contribution in [0, 0.1) is 11.6 Å². The van der Waals surface area contributed by atoms with E-state index in [4.69, 9.17) is 0 Å². The van der Waals surface area contributed by atoms with Crippen molar-refractivity contribution in [2.75, 3.05) is 0 Å². The molecule has 1 aliphatic carbocycles. The quantitative estimate of drug-likeness (QED) is 0.709. The van der Waals surface area contributed by atoms with Gasteiger partial charge in [0.25, 0.3) is 0 Å². The number of benzene rings is 1. The van der Waals surface area contributed by atoms with Crippen LogP contribution in [-0.4, -0.2) is 11.2 Å². The molecule has 0 aromatic heterocycles. The minimum Gasteiger partial charge on any atom is -0.392 e. The van der Waals surface area contributed by atoms with Gasteiger partial charge in [-0.15, -0.1) is 0 Å². The van der Waals surface area contributed by atoms with Gasteiger partial charge in [0, 0.05) is 12.0 Å². The molecule has 0 spiro atoms. The molecule has 0 bridgehead atoms. The van der Waals surface area contributed by atoms with Crippen LogP contribution in [0.15, 0.2) is 18.2 Å². The van der Waals surface area contributed by atoms with E-state index in [1.807, 2.05) is 0 Å². The zero-order valence-electron chi connectivity index (χ0n) is 7.00. The van der Waals surface area contributed by atoms with Crippen molar-refractivity contribution in [2.24, 2.45) is 0 Å². The fourth-order valence-corrected chi connectivity index (χ4v) is 1.65. The molecule has 0 saturated heterocycles. The van der Waals surface area contributed by atoms with Gasteiger partial charge < -0.3 is 5.11 Å². The molecule has 0 heterocycles. The van der Waals surface area contributed by atoms with E-state index < -0.39 is 17.7 Å². The molecule has 0 aliphatic heterocycles. The molecule has 1 saturated carbocycles. The van der Waals surface area contributed by atoms with Crippen molar-refractivity contribution in [3.05, 3.63) is 35.4 Å². The van der Waals surface area contributed by atoms with E-state index in [-0.39, 0.29) is 5.92 Å². The fourth-order valence-electron chi connectivity index (χ4n) is 1.65. The highest BCUT2D eigenvalue weighted by Gasteiger charge is 2.32. The predicted octanol–water partition coefficient (Wildman–Crippen LogP) is 2.20. The number of hydrogen-bond acceptors (Lipinski definition) is 1. The third kappa shape index (κ3) is 1.44. The average Bonchev–Trinajstić information content (AvgIpc) is 2.07. The summed E-state index contributed by atoms with van der Waals surface area (Å²) in [6, 6.07) is 3.50. The van der Waals surface area contributed by atoms with Gasteiger partial charge in [0.05, 0.1) is 6.10 Å². The lowest BCUT2D eigenvalue weighted by Crippen LogP contribution is -2.29. The topological polar surface area (TPSA) is 20.2 Å². The number of hydrogen-bond donors (Lipinski definition) is 1. The van der Waals surface area contributed by atoms with Crippen LogP contribution in [0.3, 0.4) is 0 Å². The van der Waals surface area contributed by atoms with Crippen LogP contribution in [0.5, 0.6) is 0 Å². The Morgan fingerprint density at radius 3 is 2.46 bits per heavy atom. The molecule has 2 unspecified atom stereocenters. The molecular weight excluding hydrogens is 174 g/mol. The highest BCUT2D eigenvalue weighted by molar-refractivity contribution is 5.25. The molecule has 1 aliphatic rings. The van der Waals surface area contributed by atoms with Gasteiger partial charge in [-0.3, -0.25) is 0 Å². The normalized spacial score (nSPS) is 27.0. The SMILES string of the molecule is OC1CCC1c1ccc(F)cc1F. The largest absolute Gasteiger partial charge is 0.392 e. The van der Waals surface area contributed by atoms with Gasteiger partial charge in [0.15, 0.2) is 0 Å². The summed E-state index contributed by atoms with van der Waals surface area (Å²) >= 11 is 0. The van der Waals surface area contributed by atoms with Crippen molar-refractivity contribution in [3.63, 3.8) is 0 Å². The van der Waals surface area contributed by atoms with Crippen molar-refractivity contribution in [1.82, 2.24) is 0 Å². The molecular formula is C10H10F2O. The number of aliphatic hydroxyl groups is 1. The molecule has 1 aromatic carbocycles. The maximum Gasteiger partial charge on any atom is 0.129 e. The summed E-state index contributed by atoms with van der Waals surface area (Å²) < 4.78 is 25.7. The molecule has 3 heteroatoms. The Morgan fingerprint density at radius 1 is 1.23 bits per heavy atom. The first-order chi connectivity index (χ1) is 6.18. The maximum absolute atomic E-state index is 13.1. The van der Waals surface area contributed by atoms with Crippen molar-refractivity contribution in [3.8, 4) is 0 Å². The van der Waals surface area contributed by atoms with Gasteiger partial charge in [-0.1, -0.05) is 6.07 Å². The van der Waals surface area contributed by atoms with E-state index in [1.165, 1.54) is 12.1 Å². The molecule has 1 N–H and O–H groups in total. The van der Waals surface area contributed by atoms with Gasteiger partial charge in [0.2, 0.25) is 0 Å². The molecule has 2 rings (SSSR count). The lowest BCUT2D eigenvalue weighted by atomic mass is 9.77. The third-order valence-electron chi connectivity index (χ3n) is 2.60. The lowest BCUT2D eigenvalue weighted by Gasteiger charge is -2.32. The Bertz CT molecular complexity index is 325. The highest BCUT2D eigenvalue weighted by atomic mass is 19.1. The Labute approximate surface area is 75.0 Å². The van der Waals surface area contributed by atoms with Gasteiger partial charge >= 0.3 is 0 Å². The van der Waals surface area contributed by atoms with Crippen LogP contribution in [0.25, 0.3) is 0 Å². The lowest BCUT2D eigenvalue weighted by molar-refractivity contribution is 0.0644. The molecule has 1 aromatic rings. The van der Waals surface area contributed by atoms with E-state index in [9.17, 15) is 13.9 Å². The van der Waals surface area contributed by atoms with Crippen LogP contribution in [0.2, 0.25) is 0 Å². The van der Waals surface area contributed by atoms with Crippen LogP contribution >= 0.6 is 0 Å². The summed E-state index contributed by atoms with van der Waals surface area (Å²) in [5.74, 6) is -1.26. The smallest absolute Gasteiger partial charge is 0.129 e. The van der Waals surface area contributed by atoms with E-state index in [2.05, 4.69) is 0 Å². The maximum atomic E-state index is 13.1. The summed E-state index contributed by atoms with van der Waals surface area (Å²) in [5, 5.41) is 9.29. The molecule has 0 amide bonds. The summed E-state index contributed by atoms with van der Waals surface area (Å²) in [6.07, 6.45) is 1.03. The zero-order chi connectivity index (χ0) is 9.42. The van der Waals surface area contributed by atoms with Gasteiger partial charge in [0.1, 0.15) is 11.6 Å². The van der Waals surface area contributed by atoms with Crippen LogP contribution < -0.4 is 0 Å². The fraction of sp³-hybridized carbons (Fsp3) is 0.400. The number of aliphatic hydroxyl groups excluding tert-OH is 1. The van der Waals surface area contributed by atoms with E-state index >= 15 is 0 Å². The minimum atomic E-state index is -0.574. The summed E-state index contributed by atoms with van der Waals surface area (Å²) in [5.41, 5.74) is 0.431. The average molecular weight is 184 g/mol. The molecule has 1 nitrogen and oxygen atoms in total. The second-order valence-corrected chi connectivity index (χ2v) is 3.42. The van der Waals surface area contributed by atoms with Gasteiger partial charge in [-0.2, -0.15) is 0 Å². The first-order valence-electron chi connectivity index (χ1n) is 4.31. The first-order valence-corrected chi connectivity index (χ1v) is 4.31. The predicted molar refractivity (Wildman–Crippen MR) is 44.3 cm³/mol. The van der Waals surface area contributed by atoms with Gasteiger partial charge in [-0.05, 0) is 24.5 Å². The number of rotatable bonds is 1. The summed E-state index contributed by atoms with van der Waals surface area (Å²) in [7, 11) is 0. The summed E-state index contributed by atoms with van der Waals surface area (Å²) in [4.78, 5) is 0. The van der Waals surface area contributed by atoms with Crippen molar-refractivity contribution in [1.29, 1.82) is 0 Å². The van der Waals surface area contributed by atoms with Crippen LogP contribution in [-0.2, 0) is 0 Å². The van der Waals surface area contributed by atoms with Crippen LogP contribution in [0.4, 0.5) is 8.78 Å². The summed E-state index contributed by atoms with van der Waals surface area (Å²) in [6.45, 7) is 0. The van der Waals surface area contributed by atoms with Gasteiger partial charge in [-0.25, -0.2) is 8.78 Å². The minimum absolute atomic E-state index is 0.138. The standard InChI is InChI=1S/C10H10F2O/c11-6-1-2-7(9(12)5-6)8-3-4-10(8)13/h1-2,5,8,10,13H,3-4H2. The third-order valence-corrected chi connectivity index (χ3v) is 2.60. The monoisotopic (exact) mass is 184 g/mol. The Morgan fingerprint density at radius 2 is 2.00 bits per heavy atom. The molecule has 13 heavy (non-hydrogen) atoms. The number of halogens is 2. The molecule has 2 atom stereocenters. The van der Waals surface area contributed by atoms with Crippen molar-refractivity contribution in [2.45, 2.75) is 24.9 Å². The Kier molecular flexibility index (Phi) is 2.04. The van der Waals surface area contributed by atoms with E-state index in [0.29, 0.717) is 12.0 Å². The van der Waals surface area contributed by atoms with E-state index in [1.54, 1.807) is 0 Å². The molecule has 0 radical (unpaired) electrons. The highest BCUT2D eigenvalue weighted by Crippen LogP contribution is 2.37. The van der Waals surface area contributed by atoms with Crippen molar-refractivity contribution >= 4 is 0 Å². The zero-order valence-corrected chi connectivity index (χ0v) is 7.00. The second kappa shape index (κ2) is 3.07. The van der Waals surface area contributed by atoms with E-state index in [0.717, 1.165) is 12.5 Å². The van der Waals surface area contributed by atoms with Crippen LogP contribution in [0.1, 0.15) is 24.3 Å². The second-order valence-electron chi connectivity index (χ2n) is 3.42. The molecule has 1 fully saturated rings. The Balaban J connectivity index is 2.30. The van der Waals surface area contributed by atoms with Crippen molar-refractivity contribution < 1.29 is 13.9 Å².